The fourth-order valence-corrected chi connectivity index (χ4v) is 2.69. The molecule has 5 nitrogen and oxygen atoms in total. The lowest BCUT2D eigenvalue weighted by atomic mass is 10.2. The summed E-state index contributed by atoms with van der Waals surface area (Å²) in [6.45, 7) is 3.57. The predicted molar refractivity (Wildman–Crippen MR) is 89.9 cm³/mol. The topological polar surface area (TPSA) is 61.4 Å². The second-order valence-corrected chi connectivity index (χ2v) is 6.70. The van der Waals surface area contributed by atoms with Crippen LogP contribution >= 0.6 is 0 Å². The van der Waals surface area contributed by atoms with Crippen LogP contribution in [0.4, 0.5) is 5.69 Å². The van der Waals surface area contributed by atoms with Gasteiger partial charge in [-0.05, 0) is 55.8 Å². The standard InChI is InChI=1S/C18H25N3O2/c1-13(22)21(17-8-9-17)12-15-4-6-16(7-5-15)20-18(23)11-19-10-14-2-3-14/h4-7,14,17,19H,2-3,8-12H2,1H3,(H,20,23). The van der Waals surface area contributed by atoms with Crippen LogP contribution in [-0.4, -0.2) is 35.8 Å². The maximum absolute atomic E-state index is 11.8. The molecule has 2 amide bonds. The first-order valence-corrected chi connectivity index (χ1v) is 8.48. The van der Waals surface area contributed by atoms with Crippen molar-refractivity contribution in [2.75, 3.05) is 18.4 Å². The average Bonchev–Trinajstić information content (AvgIpc) is 3.39. The van der Waals surface area contributed by atoms with Gasteiger partial charge < -0.3 is 15.5 Å². The quantitative estimate of drug-likeness (QED) is 0.772. The van der Waals surface area contributed by atoms with E-state index in [1.807, 2.05) is 29.2 Å². The molecule has 0 unspecified atom stereocenters. The number of carbonyl (C=O) groups excluding carboxylic acids is 2. The summed E-state index contributed by atoms with van der Waals surface area (Å²) in [5.74, 6) is 0.895. The number of anilines is 1. The monoisotopic (exact) mass is 315 g/mol. The van der Waals surface area contributed by atoms with E-state index in [4.69, 9.17) is 0 Å². The lowest BCUT2D eigenvalue weighted by molar-refractivity contribution is -0.130. The first-order chi connectivity index (χ1) is 11.1. The van der Waals surface area contributed by atoms with Crippen LogP contribution in [0.2, 0.25) is 0 Å². The highest BCUT2D eigenvalue weighted by atomic mass is 16.2. The zero-order valence-corrected chi connectivity index (χ0v) is 13.7. The fraction of sp³-hybridized carbons (Fsp3) is 0.556. The Bertz CT molecular complexity index is 562. The largest absolute Gasteiger partial charge is 0.336 e. The fourth-order valence-electron chi connectivity index (χ4n) is 2.69. The van der Waals surface area contributed by atoms with E-state index in [2.05, 4.69) is 10.6 Å². The number of benzene rings is 1. The molecule has 0 spiro atoms. The Hall–Kier alpha value is -1.88. The van der Waals surface area contributed by atoms with E-state index >= 15 is 0 Å². The van der Waals surface area contributed by atoms with Gasteiger partial charge in [-0.15, -0.1) is 0 Å². The van der Waals surface area contributed by atoms with E-state index < -0.39 is 0 Å². The number of hydrogen-bond donors (Lipinski definition) is 2. The van der Waals surface area contributed by atoms with Crippen LogP contribution in [0.5, 0.6) is 0 Å². The van der Waals surface area contributed by atoms with Gasteiger partial charge >= 0.3 is 0 Å². The minimum atomic E-state index is -0.0123. The Morgan fingerprint density at radius 1 is 1.13 bits per heavy atom. The molecular formula is C18H25N3O2. The smallest absolute Gasteiger partial charge is 0.238 e. The summed E-state index contributed by atoms with van der Waals surface area (Å²) >= 11 is 0. The van der Waals surface area contributed by atoms with Crippen molar-refractivity contribution < 1.29 is 9.59 Å². The molecular weight excluding hydrogens is 290 g/mol. The summed E-state index contributed by atoms with van der Waals surface area (Å²) in [7, 11) is 0. The molecule has 2 N–H and O–H groups in total. The molecule has 0 radical (unpaired) electrons. The lowest BCUT2D eigenvalue weighted by Crippen LogP contribution is -2.30. The Labute approximate surface area is 137 Å². The van der Waals surface area contributed by atoms with Crippen LogP contribution in [0.15, 0.2) is 24.3 Å². The van der Waals surface area contributed by atoms with Gasteiger partial charge in [-0.3, -0.25) is 9.59 Å². The van der Waals surface area contributed by atoms with Crippen LogP contribution in [0.3, 0.4) is 0 Å². The zero-order valence-electron chi connectivity index (χ0n) is 13.7. The first-order valence-electron chi connectivity index (χ1n) is 8.48. The Balaban J connectivity index is 1.45. The second-order valence-electron chi connectivity index (χ2n) is 6.70. The molecule has 1 aromatic rings. The predicted octanol–water partition coefficient (Wildman–Crippen LogP) is 2.14. The Kier molecular flexibility index (Phi) is 4.96. The number of nitrogens with one attached hydrogen (secondary N) is 2. The average molecular weight is 315 g/mol. The summed E-state index contributed by atoms with van der Waals surface area (Å²) < 4.78 is 0. The van der Waals surface area contributed by atoms with Gasteiger partial charge in [0.1, 0.15) is 0 Å². The molecule has 2 saturated carbocycles. The van der Waals surface area contributed by atoms with Crippen molar-refractivity contribution in [2.24, 2.45) is 5.92 Å². The SMILES string of the molecule is CC(=O)N(Cc1ccc(NC(=O)CNCC2CC2)cc1)C1CC1. The summed E-state index contributed by atoms with van der Waals surface area (Å²) in [4.78, 5) is 25.4. The van der Waals surface area contributed by atoms with Crippen LogP contribution < -0.4 is 10.6 Å². The number of amides is 2. The van der Waals surface area contributed by atoms with Gasteiger partial charge in [-0.25, -0.2) is 0 Å². The van der Waals surface area contributed by atoms with Crippen molar-refractivity contribution in [1.82, 2.24) is 10.2 Å². The molecule has 0 saturated heterocycles. The summed E-state index contributed by atoms with van der Waals surface area (Å²) in [5.41, 5.74) is 1.89. The number of nitrogens with zero attached hydrogens (tertiary/aromatic N) is 1. The van der Waals surface area contributed by atoms with Crippen molar-refractivity contribution >= 4 is 17.5 Å². The van der Waals surface area contributed by atoms with E-state index in [0.29, 0.717) is 19.1 Å². The molecule has 0 bridgehead atoms. The second kappa shape index (κ2) is 7.13. The third-order valence-electron chi connectivity index (χ3n) is 4.40. The van der Waals surface area contributed by atoms with Crippen LogP contribution in [-0.2, 0) is 16.1 Å². The van der Waals surface area contributed by atoms with Crippen LogP contribution in [0.25, 0.3) is 0 Å². The van der Waals surface area contributed by atoms with Crippen molar-refractivity contribution in [1.29, 1.82) is 0 Å². The molecule has 2 aliphatic rings. The summed E-state index contributed by atoms with van der Waals surface area (Å²) in [6, 6.07) is 8.18. The highest BCUT2D eigenvalue weighted by Crippen LogP contribution is 2.28. The van der Waals surface area contributed by atoms with E-state index in [-0.39, 0.29) is 11.8 Å². The van der Waals surface area contributed by atoms with Crippen LogP contribution in [0.1, 0.15) is 38.2 Å². The van der Waals surface area contributed by atoms with E-state index in [1.54, 1.807) is 6.92 Å². The third-order valence-corrected chi connectivity index (χ3v) is 4.40. The molecule has 5 heteroatoms. The molecule has 0 atom stereocenters. The highest BCUT2D eigenvalue weighted by molar-refractivity contribution is 5.92. The number of carbonyl (C=O) groups is 2. The van der Waals surface area contributed by atoms with Gasteiger partial charge in [0.15, 0.2) is 0 Å². The van der Waals surface area contributed by atoms with Crippen molar-refractivity contribution in [3.8, 4) is 0 Å². The summed E-state index contributed by atoms with van der Waals surface area (Å²) in [6.07, 6.45) is 4.80. The van der Waals surface area contributed by atoms with Gasteiger partial charge in [0.05, 0.1) is 6.54 Å². The van der Waals surface area contributed by atoms with Gasteiger partial charge in [0.2, 0.25) is 11.8 Å². The first kappa shape index (κ1) is 16.0. The molecule has 2 fully saturated rings. The van der Waals surface area contributed by atoms with Crippen LogP contribution in [0, 0.1) is 5.92 Å². The minimum Gasteiger partial charge on any atom is -0.336 e. The maximum Gasteiger partial charge on any atom is 0.238 e. The molecule has 1 aromatic carbocycles. The van der Waals surface area contributed by atoms with Gasteiger partial charge in [-0.1, -0.05) is 12.1 Å². The van der Waals surface area contributed by atoms with Crippen molar-refractivity contribution in [3.05, 3.63) is 29.8 Å². The Morgan fingerprint density at radius 2 is 1.83 bits per heavy atom. The lowest BCUT2D eigenvalue weighted by Gasteiger charge is -2.20. The molecule has 0 aliphatic heterocycles. The normalized spacial score (nSPS) is 16.9. The molecule has 2 aliphatic carbocycles. The van der Waals surface area contributed by atoms with Gasteiger partial charge in [-0.2, -0.15) is 0 Å². The van der Waals surface area contributed by atoms with E-state index in [0.717, 1.165) is 36.6 Å². The zero-order chi connectivity index (χ0) is 16.2. The molecule has 124 valence electrons. The molecule has 0 aromatic heterocycles. The molecule has 0 heterocycles. The highest BCUT2D eigenvalue weighted by Gasteiger charge is 2.30. The molecule has 3 rings (SSSR count). The maximum atomic E-state index is 11.8. The van der Waals surface area contributed by atoms with Crippen molar-refractivity contribution in [2.45, 2.75) is 45.2 Å². The van der Waals surface area contributed by atoms with E-state index in [9.17, 15) is 9.59 Å². The van der Waals surface area contributed by atoms with Gasteiger partial charge in [0.25, 0.3) is 0 Å². The molecule has 23 heavy (non-hydrogen) atoms. The van der Waals surface area contributed by atoms with Gasteiger partial charge in [0, 0.05) is 25.2 Å². The van der Waals surface area contributed by atoms with E-state index in [1.165, 1.54) is 12.8 Å². The number of rotatable bonds is 8. The third kappa shape index (κ3) is 5.06. The minimum absolute atomic E-state index is 0.0123. The van der Waals surface area contributed by atoms with Crippen molar-refractivity contribution in [3.63, 3.8) is 0 Å². The Morgan fingerprint density at radius 3 is 2.39 bits per heavy atom. The summed E-state index contributed by atoms with van der Waals surface area (Å²) in [5, 5.41) is 6.07. The number of hydrogen-bond acceptors (Lipinski definition) is 3.